The summed E-state index contributed by atoms with van der Waals surface area (Å²) in [4.78, 5) is 28.2. The molecule has 2 bridgehead atoms. The molecule has 2 aromatic carbocycles. The van der Waals surface area contributed by atoms with E-state index in [4.69, 9.17) is 4.74 Å². The maximum atomic E-state index is 14.1. The van der Waals surface area contributed by atoms with Crippen LogP contribution in [0.15, 0.2) is 24.3 Å². The van der Waals surface area contributed by atoms with Crippen LogP contribution in [0.2, 0.25) is 0 Å². The van der Waals surface area contributed by atoms with Crippen LogP contribution in [0.5, 0.6) is 0 Å². The Labute approximate surface area is 184 Å². The van der Waals surface area contributed by atoms with Crippen LogP contribution in [0.1, 0.15) is 82.4 Å². The number of ether oxygens (including phenoxy) is 1. The smallest absolute Gasteiger partial charge is 0.144 e. The van der Waals surface area contributed by atoms with E-state index in [1.807, 2.05) is 0 Å². The molecule has 160 valence electrons. The van der Waals surface area contributed by atoms with Crippen LogP contribution in [0.25, 0.3) is 0 Å². The highest BCUT2D eigenvalue weighted by Crippen LogP contribution is 2.65. The summed E-state index contributed by atoms with van der Waals surface area (Å²) in [5.41, 5.74) is 9.77. The molecule has 0 N–H and O–H groups in total. The minimum Gasteiger partial charge on any atom is -0.364 e. The van der Waals surface area contributed by atoms with Gasteiger partial charge in [0.15, 0.2) is 0 Å². The highest BCUT2D eigenvalue weighted by atomic mass is 16.5. The van der Waals surface area contributed by atoms with Crippen molar-refractivity contribution in [3.05, 3.63) is 68.8 Å². The SMILES string of the molecule is Cc1ccc(C)c2c1C(C)C1C(=O)C3C4OC(c5c(C)ccc(C)c54)C3C(=O)C1C2C. The van der Waals surface area contributed by atoms with E-state index in [0.29, 0.717) is 0 Å². The molecule has 0 amide bonds. The number of aryl methyl sites for hydroxylation is 4. The lowest BCUT2D eigenvalue weighted by atomic mass is 9.51. The predicted molar refractivity (Wildman–Crippen MR) is 119 cm³/mol. The Morgan fingerprint density at radius 2 is 0.871 bits per heavy atom. The van der Waals surface area contributed by atoms with Crippen LogP contribution in [-0.4, -0.2) is 11.6 Å². The summed E-state index contributed by atoms with van der Waals surface area (Å²) in [7, 11) is 0. The number of carbonyl (C=O) groups excluding carboxylic acids is 2. The molecule has 2 aromatic rings. The van der Waals surface area contributed by atoms with Crippen molar-refractivity contribution in [3.8, 4) is 0 Å². The first-order chi connectivity index (χ1) is 14.7. The Balaban J connectivity index is 1.53. The second kappa shape index (κ2) is 6.16. The Bertz CT molecular complexity index is 1090. The monoisotopic (exact) mass is 414 g/mol. The summed E-state index contributed by atoms with van der Waals surface area (Å²) in [5, 5.41) is 0. The van der Waals surface area contributed by atoms with Gasteiger partial charge in [-0.1, -0.05) is 38.1 Å². The molecule has 3 nitrogen and oxygen atoms in total. The van der Waals surface area contributed by atoms with Crippen molar-refractivity contribution in [2.24, 2.45) is 23.7 Å². The summed E-state index contributed by atoms with van der Waals surface area (Å²) in [6.07, 6.45) is -0.519. The largest absolute Gasteiger partial charge is 0.364 e. The summed E-state index contributed by atoms with van der Waals surface area (Å²) in [6, 6.07) is 8.58. The minimum atomic E-state index is -0.326. The third-order valence-electron chi connectivity index (χ3n) is 9.04. The first kappa shape index (κ1) is 19.4. The maximum absolute atomic E-state index is 14.1. The van der Waals surface area contributed by atoms with Gasteiger partial charge in [-0.05, 0) is 84.0 Å². The fourth-order valence-electron chi connectivity index (χ4n) is 7.80. The summed E-state index contributed by atoms with van der Waals surface area (Å²) in [6.45, 7) is 12.8. The molecule has 2 fully saturated rings. The van der Waals surface area contributed by atoms with Gasteiger partial charge in [0.25, 0.3) is 0 Å². The zero-order chi connectivity index (χ0) is 21.9. The van der Waals surface area contributed by atoms with Gasteiger partial charge in [0.2, 0.25) is 0 Å². The van der Waals surface area contributed by atoms with Crippen molar-refractivity contribution in [1.82, 2.24) is 0 Å². The van der Waals surface area contributed by atoms with E-state index in [9.17, 15) is 9.59 Å². The predicted octanol–water partition coefficient (Wildman–Crippen LogP) is 5.58. The standard InChI is InChI=1S/C28H30O3/c1-11-7-8-12(2)18-16(6)22-21(15(5)17(11)18)25(29)23-24(26(22)30)28-20-14(4)10-9-13(3)19(20)27(23)31-28/h7-10,15-16,21-24,27-28H,1-6H3. The fraction of sp³-hybridized carbons (Fsp3) is 0.500. The van der Waals surface area contributed by atoms with Crippen LogP contribution in [0, 0.1) is 51.4 Å². The molecule has 3 heteroatoms. The first-order valence-corrected chi connectivity index (χ1v) is 11.7. The van der Waals surface area contributed by atoms with Gasteiger partial charge in [-0.15, -0.1) is 0 Å². The first-order valence-electron chi connectivity index (χ1n) is 11.7. The van der Waals surface area contributed by atoms with Crippen LogP contribution < -0.4 is 0 Å². The van der Waals surface area contributed by atoms with E-state index in [1.165, 1.54) is 44.5 Å². The quantitative estimate of drug-likeness (QED) is 0.565. The average molecular weight is 415 g/mol. The summed E-state index contributed by atoms with van der Waals surface area (Å²) < 4.78 is 6.45. The number of rotatable bonds is 0. The van der Waals surface area contributed by atoms with Gasteiger partial charge in [0.05, 0.1) is 24.0 Å². The fourth-order valence-corrected chi connectivity index (χ4v) is 7.80. The second-order valence-corrected chi connectivity index (χ2v) is 10.5. The van der Waals surface area contributed by atoms with E-state index < -0.39 is 0 Å². The molecule has 4 aliphatic rings. The molecule has 0 aromatic heterocycles. The second-order valence-electron chi connectivity index (χ2n) is 10.5. The molecular formula is C28H30O3. The van der Waals surface area contributed by atoms with Crippen LogP contribution in [0.3, 0.4) is 0 Å². The Hall–Kier alpha value is -2.26. The molecular weight excluding hydrogens is 384 g/mol. The van der Waals surface area contributed by atoms with Crippen molar-refractivity contribution in [1.29, 1.82) is 0 Å². The Morgan fingerprint density at radius 3 is 1.23 bits per heavy atom. The van der Waals surface area contributed by atoms with Crippen molar-refractivity contribution in [3.63, 3.8) is 0 Å². The number of carbonyl (C=O) groups is 2. The molecule has 8 atom stereocenters. The molecule has 2 aliphatic carbocycles. The normalized spacial score (nSPS) is 37.4. The summed E-state index contributed by atoms with van der Waals surface area (Å²) >= 11 is 0. The van der Waals surface area contributed by atoms with E-state index in [1.54, 1.807) is 0 Å². The molecule has 8 unspecified atom stereocenters. The van der Waals surface area contributed by atoms with E-state index in [-0.39, 0.29) is 59.3 Å². The van der Waals surface area contributed by atoms with Gasteiger partial charge in [-0.3, -0.25) is 9.59 Å². The van der Waals surface area contributed by atoms with Crippen LogP contribution in [0.4, 0.5) is 0 Å². The van der Waals surface area contributed by atoms with Gasteiger partial charge in [0.1, 0.15) is 11.6 Å². The van der Waals surface area contributed by atoms with Gasteiger partial charge in [-0.2, -0.15) is 0 Å². The van der Waals surface area contributed by atoms with Crippen LogP contribution >= 0.6 is 0 Å². The Kier molecular flexibility index (Phi) is 3.86. The van der Waals surface area contributed by atoms with Crippen molar-refractivity contribution in [2.75, 3.05) is 0 Å². The van der Waals surface area contributed by atoms with E-state index >= 15 is 0 Å². The third-order valence-corrected chi connectivity index (χ3v) is 9.04. The zero-order valence-electron chi connectivity index (χ0n) is 19.2. The number of hydrogen-bond donors (Lipinski definition) is 0. The van der Waals surface area contributed by atoms with Crippen LogP contribution in [-0.2, 0) is 14.3 Å². The average Bonchev–Trinajstić information content (AvgIpc) is 3.31. The lowest BCUT2D eigenvalue weighted by Crippen LogP contribution is -2.54. The van der Waals surface area contributed by atoms with E-state index in [2.05, 4.69) is 65.8 Å². The highest BCUT2D eigenvalue weighted by Gasteiger charge is 2.66. The molecule has 0 radical (unpaired) electrons. The Morgan fingerprint density at radius 1 is 0.548 bits per heavy atom. The lowest BCUT2D eigenvalue weighted by molar-refractivity contribution is -0.149. The molecule has 1 saturated carbocycles. The van der Waals surface area contributed by atoms with Gasteiger partial charge in [0, 0.05) is 11.8 Å². The van der Waals surface area contributed by atoms with Crippen molar-refractivity contribution >= 4 is 11.6 Å². The maximum Gasteiger partial charge on any atom is 0.144 e. The molecule has 0 spiro atoms. The minimum absolute atomic E-state index is 0.0608. The number of ketones is 2. The van der Waals surface area contributed by atoms with E-state index in [0.717, 1.165) is 0 Å². The lowest BCUT2D eigenvalue weighted by Gasteiger charge is -2.49. The number of hydrogen-bond acceptors (Lipinski definition) is 3. The number of fused-ring (bicyclic) bond motifs is 10. The molecule has 31 heavy (non-hydrogen) atoms. The molecule has 2 heterocycles. The zero-order valence-corrected chi connectivity index (χ0v) is 19.2. The topological polar surface area (TPSA) is 43.4 Å². The molecule has 2 aliphatic heterocycles. The number of benzene rings is 2. The highest BCUT2D eigenvalue weighted by molar-refractivity contribution is 6.03. The van der Waals surface area contributed by atoms with Gasteiger partial charge >= 0.3 is 0 Å². The molecule has 6 rings (SSSR count). The molecule has 1 saturated heterocycles. The number of Topliss-reactive ketones (excluding diaryl/α,β-unsaturated/α-hetero) is 2. The van der Waals surface area contributed by atoms with Gasteiger partial charge < -0.3 is 4.74 Å². The van der Waals surface area contributed by atoms with Crippen molar-refractivity contribution < 1.29 is 14.3 Å². The third kappa shape index (κ3) is 2.18. The van der Waals surface area contributed by atoms with Gasteiger partial charge in [-0.25, -0.2) is 0 Å². The summed E-state index contributed by atoms with van der Waals surface area (Å²) in [5.74, 6) is -0.488. The van der Waals surface area contributed by atoms with Crippen molar-refractivity contribution in [2.45, 2.75) is 65.6 Å².